The predicted octanol–water partition coefficient (Wildman–Crippen LogP) is -0.482. The highest BCUT2D eigenvalue weighted by molar-refractivity contribution is 5.95. The summed E-state index contributed by atoms with van der Waals surface area (Å²) in [5.74, 6) is -0.592. The molecule has 8 rings (SSSR count). The molecule has 0 radical (unpaired) electrons. The number of aliphatic hydroxyl groups is 10. The topological polar surface area (TPSA) is 284 Å². The van der Waals surface area contributed by atoms with E-state index in [1.54, 1.807) is 13.0 Å². The molecule has 26 atom stereocenters. The molecule has 0 spiro atoms. The summed E-state index contributed by atoms with van der Waals surface area (Å²) in [5.41, 5.74) is -1.47. The van der Waals surface area contributed by atoms with Crippen molar-refractivity contribution in [1.82, 2.24) is 0 Å². The van der Waals surface area contributed by atoms with Gasteiger partial charge in [0.05, 0.1) is 36.6 Å². The van der Waals surface area contributed by atoms with Crippen LogP contribution in [0.15, 0.2) is 11.6 Å². The maximum absolute atomic E-state index is 14.4. The van der Waals surface area contributed by atoms with Gasteiger partial charge in [-0.1, -0.05) is 27.7 Å². The lowest BCUT2D eigenvalue weighted by molar-refractivity contribution is -0.370. The Morgan fingerprint density at radius 2 is 1.30 bits per heavy atom. The van der Waals surface area contributed by atoms with Gasteiger partial charge >= 0.3 is 0 Å². The molecule has 360 valence electrons. The number of rotatable bonds is 9. The van der Waals surface area contributed by atoms with E-state index < -0.39 is 133 Å². The molecule has 0 amide bonds. The first kappa shape index (κ1) is 48.2. The number of carbonyl (C=O) groups excluding carboxylic acids is 1. The molecule has 4 aliphatic carbocycles. The third kappa shape index (κ3) is 8.11. The summed E-state index contributed by atoms with van der Waals surface area (Å²) in [6.45, 7) is 10.9. The maximum Gasteiger partial charge on any atom is 0.189 e. The van der Waals surface area contributed by atoms with Crippen LogP contribution >= 0.6 is 0 Å². The highest BCUT2D eigenvalue weighted by Gasteiger charge is 2.67. The van der Waals surface area contributed by atoms with Crippen molar-refractivity contribution in [2.75, 3.05) is 6.61 Å². The Kier molecular flexibility index (Phi) is 13.8. The molecular weight excluding hydrogens is 828 g/mol. The first-order valence-electron chi connectivity index (χ1n) is 23.3. The van der Waals surface area contributed by atoms with Crippen LogP contribution in [0.3, 0.4) is 0 Å². The summed E-state index contributed by atoms with van der Waals surface area (Å²) in [6, 6.07) is 0. The number of carbonyl (C=O) groups is 1. The van der Waals surface area contributed by atoms with Gasteiger partial charge in [-0.05, 0) is 106 Å². The number of ketones is 1. The minimum atomic E-state index is -1.70. The van der Waals surface area contributed by atoms with Crippen molar-refractivity contribution in [3.8, 4) is 0 Å². The van der Waals surface area contributed by atoms with E-state index in [1.807, 2.05) is 6.92 Å². The van der Waals surface area contributed by atoms with Crippen LogP contribution < -0.4 is 0 Å². The van der Waals surface area contributed by atoms with Gasteiger partial charge in [0.15, 0.2) is 30.9 Å². The van der Waals surface area contributed by atoms with Crippen LogP contribution in [0.1, 0.15) is 99.3 Å². The fourth-order valence-electron chi connectivity index (χ4n) is 13.1. The molecule has 8 aliphatic rings. The third-order valence-corrected chi connectivity index (χ3v) is 17.4. The Bertz CT molecular complexity index is 1670. The molecule has 18 nitrogen and oxygen atoms in total. The number of allylic oxidation sites excluding steroid dienone is 1. The van der Waals surface area contributed by atoms with Gasteiger partial charge in [0.25, 0.3) is 0 Å². The molecule has 63 heavy (non-hydrogen) atoms. The van der Waals surface area contributed by atoms with Crippen LogP contribution in [0.5, 0.6) is 0 Å². The molecule has 4 heterocycles. The smallest absolute Gasteiger partial charge is 0.189 e. The highest BCUT2D eigenvalue weighted by Crippen LogP contribution is 2.68. The van der Waals surface area contributed by atoms with Crippen LogP contribution in [0.4, 0.5) is 0 Å². The van der Waals surface area contributed by atoms with Gasteiger partial charge in [-0.25, -0.2) is 0 Å². The van der Waals surface area contributed by atoms with Crippen LogP contribution in [0.2, 0.25) is 0 Å². The van der Waals surface area contributed by atoms with Crippen molar-refractivity contribution in [2.45, 2.75) is 216 Å². The van der Waals surface area contributed by atoms with Crippen molar-refractivity contribution in [1.29, 1.82) is 0 Å². The summed E-state index contributed by atoms with van der Waals surface area (Å²) in [6.07, 6.45) is -14.7. The molecule has 7 fully saturated rings. The lowest BCUT2D eigenvalue weighted by Crippen LogP contribution is -2.64. The zero-order chi connectivity index (χ0) is 45.7. The van der Waals surface area contributed by atoms with Crippen LogP contribution in [-0.4, -0.2) is 180 Å². The van der Waals surface area contributed by atoms with Gasteiger partial charge in [-0.2, -0.15) is 0 Å². The Morgan fingerprint density at radius 3 is 1.94 bits per heavy atom. The van der Waals surface area contributed by atoms with Crippen LogP contribution in [0.25, 0.3) is 0 Å². The highest BCUT2D eigenvalue weighted by atomic mass is 16.8. The second-order valence-corrected chi connectivity index (χ2v) is 20.9. The summed E-state index contributed by atoms with van der Waals surface area (Å²) < 4.78 is 42.4. The van der Waals surface area contributed by atoms with E-state index in [2.05, 4.69) is 20.8 Å². The first-order valence-corrected chi connectivity index (χ1v) is 23.3. The van der Waals surface area contributed by atoms with E-state index in [4.69, 9.17) is 33.2 Å². The van der Waals surface area contributed by atoms with E-state index in [9.17, 15) is 55.9 Å². The Balaban J connectivity index is 0.955. The molecule has 3 saturated carbocycles. The molecule has 18 heteroatoms. The largest absolute Gasteiger partial charge is 0.394 e. The SMILES string of the molecule is C[C@@H]([C@H]1CCC2(O)C3=CC(=O)C4C[C@@H](O[C@@H]5O[C@H](CO)[C@@H](O)[C@H](O)[C@H]5O[C@@H]5O[C@@H](C)[C@H](O)[C@@H](O)[C@H]5O)CC[C@]4(C)C3CC[C@]12C)[C@H]1CC[C@H](C)[C@@H](O[C@@H]2O[C@@H](C)[C@H](O)[C@@H](O)[C@H]2O)O1. The van der Waals surface area contributed by atoms with Gasteiger partial charge in [-0.3, -0.25) is 4.79 Å². The van der Waals surface area contributed by atoms with Crippen molar-refractivity contribution in [2.24, 2.45) is 40.4 Å². The normalized spacial score (nSPS) is 55.6. The van der Waals surface area contributed by atoms with Crippen molar-refractivity contribution in [3.63, 3.8) is 0 Å². The van der Waals surface area contributed by atoms with Crippen molar-refractivity contribution < 1.29 is 89.0 Å². The third-order valence-electron chi connectivity index (χ3n) is 17.4. The monoisotopic (exact) mass is 900 g/mol. The molecule has 0 bridgehead atoms. The van der Waals surface area contributed by atoms with Crippen molar-refractivity contribution in [3.05, 3.63) is 11.6 Å². The van der Waals surface area contributed by atoms with Gasteiger partial charge in [-0.15, -0.1) is 0 Å². The van der Waals surface area contributed by atoms with Gasteiger partial charge in [0, 0.05) is 17.3 Å². The van der Waals surface area contributed by atoms with E-state index in [1.165, 1.54) is 6.92 Å². The summed E-state index contributed by atoms with van der Waals surface area (Å²) >= 11 is 0. The van der Waals surface area contributed by atoms with E-state index in [-0.39, 0.29) is 35.6 Å². The molecule has 3 unspecified atom stereocenters. The first-order chi connectivity index (χ1) is 29.6. The molecular formula is C45H72O18. The molecule has 4 saturated heterocycles. The fourth-order valence-corrected chi connectivity index (χ4v) is 13.1. The van der Waals surface area contributed by atoms with Crippen molar-refractivity contribution >= 4 is 5.78 Å². The zero-order valence-electron chi connectivity index (χ0n) is 37.2. The Labute approximate surface area is 368 Å². The molecule has 10 N–H and O–H groups in total. The molecule has 0 aromatic rings. The van der Waals surface area contributed by atoms with Gasteiger partial charge in [0.1, 0.15) is 61.0 Å². The van der Waals surface area contributed by atoms with Gasteiger partial charge < -0.3 is 84.2 Å². The molecule has 0 aromatic carbocycles. The van der Waals surface area contributed by atoms with E-state index >= 15 is 0 Å². The maximum atomic E-state index is 14.4. The van der Waals surface area contributed by atoms with Gasteiger partial charge in [0.2, 0.25) is 0 Å². The fraction of sp³-hybridized carbons (Fsp3) is 0.933. The Hall–Kier alpha value is -1.27. The van der Waals surface area contributed by atoms with E-state index in [0.717, 1.165) is 37.7 Å². The lowest BCUT2D eigenvalue weighted by atomic mass is 9.46. The standard InChI is InChI=1S/C45H72O18/c1-18-7-8-28(60-39(18)63-41-37(55)34(52)31(49)21(4)58-41)19(2)23-11-14-45(56)25-16-27(47)26-15-22(9-12-43(26,5)24(25)10-13-44(23,45)6)59-42-38(35(53)32(50)29(17-46)61-42)62-40-36(54)33(51)30(48)20(3)57-40/h16,18-24,26,28-42,46,48-56H,7-15,17H2,1-6H3/t18-,19-,20-,21-,22-,23+,24?,26?,28+,29+,30-,31-,32+,33+,34+,35-,36+,37+,38+,39+,40-,41-,42+,43+,44+,45?/m0/s1. The zero-order valence-corrected chi connectivity index (χ0v) is 37.2. The average Bonchev–Trinajstić information content (AvgIpc) is 3.54. The second kappa shape index (κ2) is 18.0. The quantitative estimate of drug-likeness (QED) is 0.140. The van der Waals surface area contributed by atoms with Crippen LogP contribution in [-0.2, 0) is 38.0 Å². The number of aliphatic hydroxyl groups excluding tert-OH is 9. The number of ether oxygens (including phenoxy) is 7. The second-order valence-electron chi connectivity index (χ2n) is 20.9. The molecule has 0 aromatic heterocycles. The minimum absolute atomic E-state index is 0.00592. The minimum Gasteiger partial charge on any atom is -0.394 e. The summed E-state index contributed by atoms with van der Waals surface area (Å²) in [4.78, 5) is 14.4. The number of fused-ring (bicyclic) bond motifs is 5. The summed E-state index contributed by atoms with van der Waals surface area (Å²) in [7, 11) is 0. The lowest BCUT2D eigenvalue weighted by Gasteiger charge is -2.60. The van der Waals surface area contributed by atoms with Crippen LogP contribution in [0, 0.1) is 40.4 Å². The van der Waals surface area contributed by atoms with E-state index in [0.29, 0.717) is 25.7 Å². The number of hydrogen-bond acceptors (Lipinski definition) is 18. The average molecular weight is 901 g/mol. The Morgan fingerprint density at radius 1 is 0.667 bits per heavy atom. The predicted molar refractivity (Wildman–Crippen MR) is 217 cm³/mol. The number of hydrogen-bond donors (Lipinski definition) is 10. The molecule has 4 aliphatic heterocycles. The summed E-state index contributed by atoms with van der Waals surface area (Å²) in [5, 5.41) is 107.